The van der Waals surface area contributed by atoms with E-state index in [1.165, 1.54) is 11.3 Å². The molecule has 0 spiro atoms. The summed E-state index contributed by atoms with van der Waals surface area (Å²) >= 11 is 1.30. The maximum atomic E-state index is 11.8. The number of carbonyl (C=O) groups is 2. The van der Waals surface area contributed by atoms with E-state index in [1.54, 1.807) is 30.5 Å². The van der Waals surface area contributed by atoms with Gasteiger partial charge in [-0.05, 0) is 24.4 Å². The predicted octanol–water partition coefficient (Wildman–Crippen LogP) is 2.34. The van der Waals surface area contributed by atoms with E-state index in [2.05, 4.69) is 10.3 Å². The Kier molecular flexibility index (Phi) is 2.97. The summed E-state index contributed by atoms with van der Waals surface area (Å²) in [7, 11) is 0. The molecule has 2 heterocycles. The number of nitrogens with one attached hydrogen (secondary N) is 2. The maximum absolute atomic E-state index is 11.8. The summed E-state index contributed by atoms with van der Waals surface area (Å²) in [5, 5.41) is 13.3. The lowest BCUT2D eigenvalue weighted by atomic mass is 10.3. The summed E-state index contributed by atoms with van der Waals surface area (Å²) in [5.41, 5.74) is 0.963. The lowest BCUT2D eigenvalue weighted by Gasteiger charge is -2.01. The van der Waals surface area contributed by atoms with Crippen LogP contribution in [0.3, 0.4) is 0 Å². The van der Waals surface area contributed by atoms with Crippen molar-refractivity contribution in [2.24, 2.45) is 0 Å². The van der Waals surface area contributed by atoms with Crippen molar-refractivity contribution >= 4 is 28.9 Å². The second-order valence-corrected chi connectivity index (χ2v) is 4.43. The van der Waals surface area contributed by atoms with E-state index >= 15 is 0 Å². The Morgan fingerprint density at radius 2 is 2.24 bits per heavy atom. The number of anilines is 1. The second-order valence-electron chi connectivity index (χ2n) is 3.48. The molecule has 1 amide bonds. The van der Waals surface area contributed by atoms with Crippen LogP contribution in [0.15, 0.2) is 23.6 Å². The van der Waals surface area contributed by atoms with Gasteiger partial charge in [0.05, 0.1) is 10.6 Å². The number of carbonyl (C=O) groups excluding carboxylic acids is 1. The third-order valence-corrected chi connectivity index (χ3v) is 3.03. The van der Waals surface area contributed by atoms with Gasteiger partial charge in [-0.15, -0.1) is 11.3 Å². The van der Waals surface area contributed by atoms with Crippen molar-refractivity contribution in [3.8, 4) is 0 Å². The highest BCUT2D eigenvalue weighted by Crippen LogP contribution is 2.19. The molecular weight excluding hydrogens is 240 g/mol. The molecule has 0 atom stereocenters. The SMILES string of the molecule is Cc1cc(NC(=O)c2cccs2)c(C(=O)O)[nH]1. The molecule has 0 radical (unpaired) electrons. The smallest absolute Gasteiger partial charge is 0.354 e. The number of thiophene rings is 1. The van der Waals surface area contributed by atoms with Crippen LogP contribution in [0.2, 0.25) is 0 Å². The molecule has 0 aromatic carbocycles. The highest BCUT2D eigenvalue weighted by Gasteiger charge is 2.16. The first-order valence-electron chi connectivity index (χ1n) is 4.85. The van der Waals surface area contributed by atoms with Crippen molar-refractivity contribution in [3.63, 3.8) is 0 Å². The second kappa shape index (κ2) is 4.42. The lowest BCUT2D eigenvalue weighted by Crippen LogP contribution is -2.12. The number of aromatic amines is 1. The fourth-order valence-corrected chi connectivity index (χ4v) is 2.07. The first kappa shape index (κ1) is 11.4. The molecule has 0 aliphatic heterocycles. The third-order valence-electron chi connectivity index (χ3n) is 2.16. The Morgan fingerprint density at radius 3 is 2.82 bits per heavy atom. The summed E-state index contributed by atoms with van der Waals surface area (Å²) in [6.45, 7) is 1.73. The number of aryl methyl sites for hydroxylation is 1. The van der Waals surface area contributed by atoms with Crippen LogP contribution in [0, 0.1) is 6.92 Å². The van der Waals surface area contributed by atoms with Crippen LogP contribution >= 0.6 is 11.3 Å². The van der Waals surface area contributed by atoms with Crippen molar-refractivity contribution in [2.45, 2.75) is 6.92 Å². The van der Waals surface area contributed by atoms with E-state index in [9.17, 15) is 9.59 Å². The topological polar surface area (TPSA) is 82.2 Å². The number of H-pyrrole nitrogens is 1. The zero-order chi connectivity index (χ0) is 12.4. The summed E-state index contributed by atoms with van der Waals surface area (Å²) in [6.07, 6.45) is 0. The zero-order valence-electron chi connectivity index (χ0n) is 8.98. The van der Waals surface area contributed by atoms with Gasteiger partial charge in [0.1, 0.15) is 5.69 Å². The number of aromatic carboxylic acids is 1. The molecule has 17 heavy (non-hydrogen) atoms. The van der Waals surface area contributed by atoms with Crippen LogP contribution in [0.1, 0.15) is 25.9 Å². The van der Waals surface area contributed by atoms with Crippen LogP contribution in [-0.2, 0) is 0 Å². The third kappa shape index (κ3) is 2.36. The number of hydrogen-bond acceptors (Lipinski definition) is 3. The zero-order valence-corrected chi connectivity index (χ0v) is 9.80. The molecular formula is C11H10N2O3S. The maximum Gasteiger partial charge on any atom is 0.354 e. The first-order valence-corrected chi connectivity index (χ1v) is 5.73. The van der Waals surface area contributed by atoms with Gasteiger partial charge in [-0.1, -0.05) is 6.07 Å². The summed E-state index contributed by atoms with van der Waals surface area (Å²) < 4.78 is 0. The minimum absolute atomic E-state index is 0.00703. The normalized spacial score (nSPS) is 10.2. The van der Waals surface area contributed by atoms with Gasteiger partial charge in [-0.25, -0.2) is 4.79 Å². The molecule has 0 saturated carbocycles. The molecule has 2 aromatic heterocycles. The van der Waals surface area contributed by atoms with Crippen molar-refractivity contribution in [1.29, 1.82) is 0 Å². The van der Waals surface area contributed by atoms with Gasteiger partial charge in [0.15, 0.2) is 0 Å². The van der Waals surface area contributed by atoms with Crippen molar-refractivity contribution < 1.29 is 14.7 Å². The number of carboxylic acids is 1. The Hall–Kier alpha value is -2.08. The Bertz CT molecular complexity index is 557. The van der Waals surface area contributed by atoms with E-state index in [1.807, 2.05) is 0 Å². The molecule has 0 saturated heterocycles. The Morgan fingerprint density at radius 1 is 1.47 bits per heavy atom. The molecule has 6 heteroatoms. The molecule has 5 nitrogen and oxygen atoms in total. The van der Waals surface area contributed by atoms with Crippen molar-refractivity contribution in [1.82, 2.24) is 4.98 Å². The summed E-state index contributed by atoms with van der Waals surface area (Å²) in [5.74, 6) is -1.40. The molecule has 0 aliphatic carbocycles. The fourth-order valence-electron chi connectivity index (χ4n) is 1.45. The van der Waals surface area contributed by atoms with E-state index in [-0.39, 0.29) is 17.3 Å². The van der Waals surface area contributed by atoms with Crippen LogP contribution in [0.5, 0.6) is 0 Å². The molecule has 0 unspecified atom stereocenters. The van der Waals surface area contributed by atoms with E-state index in [0.29, 0.717) is 10.6 Å². The van der Waals surface area contributed by atoms with Gasteiger partial charge < -0.3 is 15.4 Å². The monoisotopic (exact) mass is 250 g/mol. The quantitative estimate of drug-likeness (QED) is 0.781. The summed E-state index contributed by atoms with van der Waals surface area (Å²) in [6, 6.07) is 5.04. The lowest BCUT2D eigenvalue weighted by molar-refractivity contribution is 0.0692. The highest BCUT2D eigenvalue weighted by atomic mass is 32.1. The van der Waals surface area contributed by atoms with Crippen LogP contribution < -0.4 is 5.32 Å². The number of hydrogen-bond donors (Lipinski definition) is 3. The number of aromatic nitrogens is 1. The van der Waals surface area contributed by atoms with Gasteiger partial charge in [-0.3, -0.25) is 4.79 Å². The number of rotatable bonds is 3. The fraction of sp³-hybridized carbons (Fsp3) is 0.0909. The minimum atomic E-state index is -1.10. The van der Waals surface area contributed by atoms with E-state index in [0.717, 1.165) is 0 Å². The van der Waals surface area contributed by atoms with Crippen molar-refractivity contribution in [2.75, 3.05) is 5.32 Å². The first-order chi connectivity index (χ1) is 8.08. The Balaban J connectivity index is 2.24. The molecule has 88 valence electrons. The molecule has 0 bridgehead atoms. The minimum Gasteiger partial charge on any atom is -0.477 e. The molecule has 0 fully saturated rings. The largest absolute Gasteiger partial charge is 0.477 e. The van der Waals surface area contributed by atoms with Gasteiger partial charge >= 0.3 is 5.97 Å². The molecule has 2 aromatic rings. The van der Waals surface area contributed by atoms with Gasteiger partial charge in [0.2, 0.25) is 0 Å². The van der Waals surface area contributed by atoms with E-state index in [4.69, 9.17) is 5.11 Å². The van der Waals surface area contributed by atoms with Gasteiger partial charge in [0.25, 0.3) is 5.91 Å². The highest BCUT2D eigenvalue weighted by molar-refractivity contribution is 7.12. The van der Waals surface area contributed by atoms with Crippen LogP contribution in [-0.4, -0.2) is 22.0 Å². The van der Waals surface area contributed by atoms with Gasteiger partial charge in [-0.2, -0.15) is 0 Å². The number of carboxylic acid groups (broad SMARTS) is 1. The predicted molar refractivity (Wildman–Crippen MR) is 64.8 cm³/mol. The standard InChI is InChI=1S/C11H10N2O3S/c1-6-5-7(9(12-6)11(15)16)13-10(14)8-3-2-4-17-8/h2-5,12H,1H3,(H,13,14)(H,15,16). The van der Waals surface area contributed by atoms with Crippen molar-refractivity contribution in [3.05, 3.63) is 39.8 Å². The number of amides is 1. The average molecular weight is 250 g/mol. The summed E-state index contributed by atoms with van der Waals surface area (Å²) in [4.78, 5) is 25.9. The van der Waals surface area contributed by atoms with E-state index < -0.39 is 5.97 Å². The average Bonchev–Trinajstić information content (AvgIpc) is 2.86. The van der Waals surface area contributed by atoms with Gasteiger partial charge in [0, 0.05) is 5.69 Å². The molecule has 3 N–H and O–H groups in total. The van der Waals surface area contributed by atoms with Crippen LogP contribution in [0.4, 0.5) is 5.69 Å². The van der Waals surface area contributed by atoms with Crippen LogP contribution in [0.25, 0.3) is 0 Å². The molecule has 2 rings (SSSR count). The molecule has 0 aliphatic rings. The Labute approximate surface area is 101 Å².